The minimum absolute atomic E-state index is 0.0440. The fraction of sp³-hybridized carbons (Fsp3) is 0.406. The number of carbonyl (C=O) groups is 5. The van der Waals surface area contributed by atoms with Crippen molar-refractivity contribution < 1.29 is 28.7 Å². The molecule has 3 aromatic rings. The van der Waals surface area contributed by atoms with Crippen molar-refractivity contribution in [1.29, 1.82) is 0 Å². The molecule has 0 unspecified atom stereocenters. The zero-order valence-corrected chi connectivity index (χ0v) is 25.3. The van der Waals surface area contributed by atoms with Crippen LogP contribution in [0.2, 0.25) is 0 Å². The molecule has 0 spiro atoms. The first-order chi connectivity index (χ1) is 21.2. The summed E-state index contributed by atoms with van der Waals surface area (Å²) in [6.45, 7) is 1.52. The Balaban J connectivity index is 1.64. The largest absolute Gasteiger partial charge is 0.384 e. The Morgan fingerprint density at radius 2 is 1.66 bits per heavy atom. The second kappa shape index (κ2) is 15.1. The third-order valence-corrected chi connectivity index (χ3v) is 7.84. The zero-order valence-electron chi connectivity index (χ0n) is 25.3. The maximum Gasteiger partial charge on any atom is 0.245 e. The molecule has 5 amide bonds. The Morgan fingerprint density at radius 3 is 2.41 bits per heavy atom. The van der Waals surface area contributed by atoms with E-state index in [-0.39, 0.29) is 51.4 Å². The van der Waals surface area contributed by atoms with E-state index in [1.807, 2.05) is 54.6 Å². The van der Waals surface area contributed by atoms with Gasteiger partial charge >= 0.3 is 0 Å². The summed E-state index contributed by atoms with van der Waals surface area (Å²) in [4.78, 5) is 72.7. The van der Waals surface area contributed by atoms with Crippen molar-refractivity contribution in [3.8, 4) is 0 Å². The van der Waals surface area contributed by atoms with E-state index in [1.54, 1.807) is 13.1 Å². The number of amides is 5. The topological polar surface area (TPSA) is 153 Å². The number of hydrogen-bond acceptors (Lipinski definition) is 6. The smallest absolute Gasteiger partial charge is 0.245 e. The monoisotopic (exact) mass is 604 g/mol. The number of nitrogens with zero attached hydrogens (tertiary/aromatic N) is 2. The molecule has 12 heteroatoms. The first-order valence-electron chi connectivity index (χ1n) is 14.7. The van der Waals surface area contributed by atoms with Crippen LogP contribution >= 0.6 is 0 Å². The minimum Gasteiger partial charge on any atom is -0.384 e. The van der Waals surface area contributed by atoms with Crippen molar-refractivity contribution in [2.24, 2.45) is 0 Å². The molecule has 4 rings (SSSR count). The molecule has 1 saturated heterocycles. The quantitative estimate of drug-likeness (QED) is 0.313. The molecule has 0 radical (unpaired) electrons. The van der Waals surface area contributed by atoms with Gasteiger partial charge < -0.3 is 35.5 Å². The molecule has 0 saturated carbocycles. The molecule has 1 aromatic heterocycles. The van der Waals surface area contributed by atoms with Gasteiger partial charge in [-0.3, -0.25) is 24.0 Å². The van der Waals surface area contributed by atoms with Crippen LogP contribution in [0.3, 0.4) is 0 Å². The van der Waals surface area contributed by atoms with Crippen molar-refractivity contribution in [2.75, 3.05) is 40.4 Å². The van der Waals surface area contributed by atoms with Crippen LogP contribution in [0, 0.1) is 0 Å². The lowest BCUT2D eigenvalue weighted by Gasteiger charge is -2.30. The number of likely N-dealkylation sites (N-methyl/N-ethyl adjacent to an activating group) is 1. The van der Waals surface area contributed by atoms with Gasteiger partial charge in [0.1, 0.15) is 18.1 Å². The lowest BCUT2D eigenvalue weighted by molar-refractivity contribution is -0.142. The molecule has 2 aromatic carbocycles. The maximum absolute atomic E-state index is 13.9. The van der Waals surface area contributed by atoms with Gasteiger partial charge in [-0.25, -0.2) is 0 Å². The van der Waals surface area contributed by atoms with Gasteiger partial charge in [0.05, 0.1) is 19.6 Å². The maximum atomic E-state index is 13.9. The SMILES string of the molecule is COCCC(=O)N1CCNC(=O)[C@H](Cc2ccccc2)NC(=O)[C@H](C)N(C)C(=O)[C@H](Cc2c[nH]c3ccccc23)NC(=O)C1. The van der Waals surface area contributed by atoms with Crippen LogP contribution in [0.4, 0.5) is 0 Å². The average Bonchev–Trinajstić information content (AvgIpc) is 3.43. The molecular formula is C32H40N6O6. The molecule has 0 aliphatic carbocycles. The molecule has 12 nitrogen and oxygen atoms in total. The standard InChI is InChI=1S/C32H40N6O6/c1-21-30(41)36-26(17-22-9-5-4-6-10-22)31(42)33-14-15-38(29(40)13-16-44-3)20-28(39)35-27(32(43)37(21)2)18-23-19-34-25-12-8-7-11-24(23)25/h4-12,19,21,26-27,34H,13-18,20H2,1-3H3,(H,33,42)(H,35,39)(H,36,41)/t21-,26-,27-/m0/s1. The lowest BCUT2D eigenvalue weighted by Crippen LogP contribution is -2.57. The third-order valence-electron chi connectivity index (χ3n) is 7.84. The highest BCUT2D eigenvalue weighted by Crippen LogP contribution is 2.20. The summed E-state index contributed by atoms with van der Waals surface area (Å²) in [7, 11) is 2.97. The van der Waals surface area contributed by atoms with Crippen LogP contribution < -0.4 is 16.0 Å². The summed E-state index contributed by atoms with van der Waals surface area (Å²) in [5.41, 5.74) is 2.54. The fourth-order valence-electron chi connectivity index (χ4n) is 5.17. The predicted octanol–water partition coefficient (Wildman–Crippen LogP) is 0.765. The minimum atomic E-state index is -1.03. The van der Waals surface area contributed by atoms with Gasteiger partial charge in [0.2, 0.25) is 29.5 Å². The van der Waals surface area contributed by atoms with Gasteiger partial charge in [0, 0.05) is 57.2 Å². The molecule has 1 fully saturated rings. The second-order valence-corrected chi connectivity index (χ2v) is 10.9. The highest BCUT2D eigenvalue weighted by molar-refractivity contribution is 5.95. The molecule has 234 valence electrons. The van der Waals surface area contributed by atoms with Gasteiger partial charge in [0.25, 0.3) is 0 Å². The normalized spacial score (nSPS) is 20.8. The van der Waals surface area contributed by atoms with Gasteiger partial charge in [-0.15, -0.1) is 0 Å². The number of benzene rings is 2. The van der Waals surface area contributed by atoms with E-state index in [0.717, 1.165) is 22.0 Å². The van der Waals surface area contributed by atoms with Crippen molar-refractivity contribution in [2.45, 2.75) is 44.3 Å². The predicted molar refractivity (Wildman–Crippen MR) is 164 cm³/mol. The average molecular weight is 605 g/mol. The van der Waals surface area contributed by atoms with E-state index >= 15 is 0 Å². The number of ether oxygens (including phenoxy) is 1. The zero-order chi connectivity index (χ0) is 31.6. The van der Waals surface area contributed by atoms with Crippen molar-refractivity contribution in [3.63, 3.8) is 0 Å². The number of para-hydroxylation sites is 1. The number of rotatable bonds is 7. The van der Waals surface area contributed by atoms with Crippen LogP contribution in [-0.4, -0.2) is 103 Å². The van der Waals surface area contributed by atoms with Gasteiger partial charge in [-0.1, -0.05) is 48.5 Å². The van der Waals surface area contributed by atoms with Crippen molar-refractivity contribution in [1.82, 2.24) is 30.7 Å². The Labute approximate surface area is 256 Å². The van der Waals surface area contributed by atoms with Crippen LogP contribution in [-0.2, 0) is 41.6 Å². The molecule has 0 bridgehead atoms. The molecular weight excluding hydrogens is 564 g/mol. The fourth-order valence-corrected chi connectivity index (χ4v) is 5.17. The highest BCUT2D eigenvalue weighted by Gasteiger charge is 2.33. The van der Waals surface area contributed by atoms with E-state index in [0.29, 0.717) is 0 Å². The number of nitrogens with one attached hydrogen (secondary N) is 4. The lowest BCUT2D eigenvalue weighted by atomic mass is 10.0. The van der Waals surface area contributed by atoms with Crippen molar-refractivity contribution in [3.05, 3.63) is 71.9 Å². The molecule has 2 heterocycles. The highest BCUT2D eigenvalue weighted by atomic mass is 16.5. The summed E-state index contributed by atoms with van der Waals surface area (Å²) < 4.78 is 5.05. The van der Waals surface area contributed by atoms with E-state index in [2.05, 4.69) is 20.9 Å². The number of hydrogen-bond donors (Lipinski definition) is 4. The Hall–Kier alpha value is -4.71. The number of fused-ring (bicyclic) bond motifs is 1. The molecule has 44 heavy (non-hydrogen) atoms. The summed E-state index contributed by atoms with van der Waals surface area (Å²) in [5.74, 6) is -2.31. The number of aromatic amines is 1. The molecule has 1 aliphatic rings. The Kier molecular flexibility index (Phi) is 11.1. The molecule has 1 aliphatic heterocycles. The summed E-state index contributed by atoms with van der Waals surface area (Å²) >= 11 is 0. The molecule has 3 atom stereocenters. The second-order valence-electron chi connectivity index (χ2n) is 10.9. The number of H-pyrrole nitrogens is 1. The van der Waals surface area contributed by atoms with E-state index < -0.39 is 41.8 Å². The summed E-state index contributed by atoms with van der Waals surface area (Å²) in [6.07, 6.45) is 2.22. The number of carbonyl (C=O) groups excluding carboxylic acids is 5. The van der Waals surface area contributed by atoms with Gasteiger partial charge in [-0.2, -0.15) is 0 Å². The van der Waals surface area contributed by atoms with Crippen LogP contribution in [0.15, 0.2) is 60.8 Å². The Morgan fingerprint density at radius 1 is 0.932 bits per heavy atom. The van der Waals surface area contributed by atoms with E-state index in [4.69, 9.17) is 4.74 Å². The number of methoxy groups -OCH3 is 1. The van der Waals surface area contributed by atoms with Crippen LogP contribution in [0.5, 0.6) is 0 Å². The molecule has 4 N–H and O–H groups in total. The van der Waals surface area contributed by atoms with Gasteiger partial charge in [0.15, 0.2) is 0 Å². The van der Waals surface area contributed by atoms with Crippen molar-refractivity contribution >= 4 is 40.4 Å². The number of aromatic nitrogens is 1. The first kappa shape index (κ1) is 32.2. The van der Waals surface area contributed by atoms with Crippen LogP contribution in [0.25, 0.3) is 10.9 Å². The summed E-state index contributed by atoms with van der Waals surface area (Å²) in [5, 5.41) is 9.32. The summed E-state index contributed by atoms with van der Waals surface area (Å²) in [6, 6.07) is 14.0. The van der Waals surface area contributed by atoms with E-state index in [9.17, 15) is 24.0 Å². The Bertz CT molecular complexity index is 1470. The van der Waals surface area contributed by atoms with E-state index in [1.165, 1.54) is 24.0 Å². The first-order valence-corrected chi connectivity index (χ1v) is 14.7. The van der Waals surface area contributed by atoms with Crippen LogP contribution in [0.1, 0.15) is 24.5 Å². The third kappa shape index (κ3) is 8.22. The van der Waals surface area contributed by atoms with Gasteiger partial charge in [-0.05, 0) is 24.1 Å².